The van der Waals surface area contributed by atoms with Crippen LogP contribution in [0.2, 0.25) is 0 Å². The molecule has 2 aromatic rings. The molecule has 0 amide bonds. The van der Waals surface area contributed by atoms with Gasteiger partial charge in [0.25, 0.3) is 0 Å². The van der Waals surface area contributed by atoms with Gasteiger partial charge >= 0.3 is 0 Å². The molecule has 1 fully saturated rings. The van der Waals surface area contributed by atoms with Crippen LogP contribution in [0.5, 0.6) is 5.75 Å². The van der Waals surface area contributed by atoms with Crippen LogP contribution >= 0.6 is 0 Å². The minimum Gasteiger partial charge on any atom is -0.493 e. The van der Waals surface area contributed by atoms with Gasteiger partial charge in [-0.25, -0.2) is 9.97 Å². The van der Waals surface area contributed by atoms with Gasteiger partial charge < -0.3 is 15.0 Å². The first-order chi connectivity index (χ1) is 13.3. The number of ether oxygens (including phenoxy) is 1. The molecule has 4 rings (SSSR count). The van der Waals surface area contributed by atoms with E-state index in [0.29, 0.717) is 0 Å². The van der Waals surface area contributed by atoms with Crippen LogP contribution in [0.15, 0.2) is 24.4 Å². The first kappa shape index (κ1) is 19.2. The van der Waals surface area contributed by atoms with Crippen molar-refractivity contribution in [3.63, 3.8) is 0 Å². The summed E-state index contributed by atoms with van der Waals surface area (Å²) in [5.41, 5.74) is 5.27. The Morgan fingerprint density at radius 1 is 1.00 bits per heavy atom. The van der Waals surface area contributed by atoms with Gasteiger partial charge in [0.15, 0.2) is 5.75 Å². The third-order valence-electron chi connectivity index (χ3n) is 6.49. The standard InChI is InChI=1S/C23H32N4O/c1-22(2)8-9-23(3,4)18-14-16(6-7-17(18)22)20-19(28-5)15-25-21(26-20)27-12-10-24-11-13-27/h6-7,14-15,24H,8-13H2,1-5H3. The third kappa shape index (κ3) is 3.37. The zero-order valence-corrected chi connectivity index (χ0v) is 17.8. The Morgan fingerprint density at radius 2 is 1.68 bits per heavy atom. The van der Waals surface area contributed by atoms with Crippen molar-refractivity contribution >= 4 is 5.95 Å². The van der Waals surface area contributed by atoms with Gasteiger partial charge in [0.05, 0.1) is 13.3 Å². The summed E-state index contributed by atoms with van der Waals surface area (Å²) in [7, 11) is 1.69. The van der Waals surface area contributed by atoms with Gasteiger partial charge in [-0.05, 0) is 40.9 Å². The molecule has 1 saturated heterocycles. The third-order valence-corrected chi connectivity index (χ3v) is 6.49. The molecule has 28 heavy (non-hydrogen) atoms. The van der Waals surface area contributed by atoms with Gasteiger partial charge in [-0.15, -0.1) is 0 Å². The minimum absolute atomic E-state index is 0.169. The zero-order valence-electron chi connectivity index (χ0n) is 17.8. The number of fused-ring (bicyclic) bond motifs is 1. The second-order valence-electron chi connectivity index (χ2n) is 9.35. The molecule has 2 heterocycles. The van der Waals surface area contributed by atoms with Gasteiger partial charge in [0.2, 0.25) is 5.95 Å². The monoisotopic (exact) mass is 380 g/mol. The molecular formula is C23H32N4O. The average molecular weight is 381 g/mol. The van der Waals surface area contributed by atoms with Crippen LogP contribution in [0.4, 0.5) is 5.95 Å². The normalized spacial score (nSPS) is 20.5. The number of anilines is 1. The van der Waals surface area contributed by atoms with Crippen molar-refractivity contribution in [1.82, 2.24) is 15.3 Å². The SMILES string of the molecule is COc1cnc(N2CCNCC2)nc1-c1ccc2c(c1)C(C)(C)CCC2(C)C. The van der Waals surface area contributed by atoms with E-state index in [1.54, 1.807) is 7.11 Å². The van der Waals surface area contributed by atoms with Gasteiger partial charge in [-0.1, -0.05) is 39.8 Å². The van der Waals surface area contributed by atoms with Crippen molar-refractivity contribution in [3.8, 4) is 17.0 Å². The van der Waals surface area contributed by atoms with E-state index in [2.05, 4.69) is 61.1 Å². The summed E-state index contributed by atoms with van der Waals surface area (Å²) < 4.78 is 5.62. The van der Waals surface area contributed by atoms with Crippen molar-refractivity contribution < 1.29 is 4.74 Å². The molecule has 0 atom stereocenters. The van der Waals surface area contributed by atoms with Crippen molar-refractivity contribution in [2.75, 3.05) is 38.2 Å². The molecular weight excluding hydrogens is 348 g/mol. The fourth-order valence-corrected chi connectivity index (χ4v) is 4.47. The van der Waals surface area contributed by atoms with Crippen molar-refractivity contribution in [1.29, 1.82) is 0 Å². The Kier molecular flexibility index (Phi) is 4.82. The Balaban J connectivity index is 1.80. The Morgan fingerprint density at radius 3 is 2.36 bits per heavy atom. The molecule has 2 aliphatic rings. The number of hydrogen-bond donors (Lipinski definition) is 1. The Bertz CT molecular complexity index is 869. The molecule has 0 radical (unpaired) electrons. The molecule has 5 nitrogen and oxygen atoms in total. The second kappa shape index (κ2) is 7.03. The lowest BCUT2D eigenvalue weighted by molar-refractivity contribution is 0.332. The van der Waals surface area contributed by atoms with E-state index in [1.165, 1.54) is 24.0 Å². The highest BCUT2D eigenvalue weighted by atomic mass is 16.5. The lowest BCUT2D eigenvalue weighted by Gasteiger charge is -2.42. The fraction of sp³-hybridized carbons (Fsp3) is 0.565. The first-order valence-corrected chi connectivity index (χ1v) is 10.3. The molecule has 0 unspecified atom stereocenters. The van der Waals surface area contributed by atoms with E-state index >= 15 is 0 Å². The smallest absolute Gasteiger partial charge is 0.226 e. The molecule has 1 aliphatic heterocycles. The van der Waals surface area contributed by atoms with Crippen molar-refractivity contribution in [3.05, 3.63) is 35.5 Å². The summed E-state index contributed by atoms with van der Waals surface area (Å²) in [6, 6.07) is 6.84. The first-order valence-electron chi connectivity index (χ1n) is 10.3. The van der Waals surface area contributed by atoms with Crippen molar-refractivity contribution in [2.24, 2.45) is 0 Å². The lowest BCUT2D eigenvalue weighted by atomic mass is 9.63. The molecule has 1 aromatic carbocycles. The predicted molar refractivity (Wildman–Crippen MR) is 114 cm³/mol. The maximum Gasteiger partial charge on any atom is 0.226 e. The molecule has 0 bridgehead atoms. The van der Waals surface area contributed by atoms with Crippen LogP contribution in [-0.4, -0.2) is 43.3 Å². The maximum atomic E-state index is 5.62. The van der Waals surface area contributed by atoms with Crippen LogP contribution in [0, 0.1) is 0 Å². The number of hydrogen-bond acceptors (Lipinski definition) is 5. The molecule has 0 spiro atoms. The second-order valence-corrected chi connectivity index (χ2v) is 9.35. The minimum atomic E-state index is 0.169. The van der Waals surface area contributed by atoms with E-state index in [-0.39, 0.29) is 10.8 Å². The van der Waals surface area contributed by atoms with Crippen molar-refractivity contribution in [2.45, 2.75) is 51.4 Å². The van der Waals surface area contributed by atoms with Gasteiger partial charge in [-0.2, -0.15) is 0 Å². The quantitative estimate of drug-likeness (QED) is 0.875. The van der Waals surface area contributed by atoms with E-state index in [9.17, 15) is 0 Å². The summed E-state index contributed by atoms with van der Waals surface area (Å²) >= 11 is 0. The van der Waals surface area contributed by atoms with E-state index in [4.69, 9.17) is 9.72 Å². The number of aromatic nitrogens is 2. The van der Waals surface area contributed by atoms with Crippen LogP contribution in [0.1, 0.15) is 51.7 Å². The number of methoxy groups -OCH3 is 1. The zero-order chi connectivity index (χ0) is 19.9. The highest BCUT2D eigenvalue weighted by Gasteiger charge is 2.37. The number of nitrogens with zero attached hydrogens (tertiary/aromatic N) is 3. The summed E-state index contributed by atoms with van der Waals surface area (Å²) in [6.45, 7) is 13.2. The number of rotatable bonds is 3. The van der Waals surface area contributed by atoms with Gasteiger partial charge in [0, 0.05) is 31.7 Å². The molecule has 1 N–H and O–H groups in total. The summed E-state index contributed by atoms with van der Waals surface area (Å²) in [5.74, 6) is 1.52. The summed E-state index contributed by atoms with van der Waals surface area (Å²) in [5, 5.41) is 3.38. The molecule has 5 heteroatoms. The van der Waals surface area contributed by atoms with Crippen LogP contribution in [-0.2, 0) is 10.8 Å². The fourth-order valence-electron chi connectivity index (χ4n) is 4.47. The van der Waals surface area contributed by atoms with E-state index in [0.717, 1.165) is 49.1 Å². The lowest BCUT2D eigenvalue weighted by Crippen LogP contribution is -2.44. The highest BCUT2D eigenvalue weighted by molar-refractivity contribution is 5.69. The Hall–Kier alpha value is -2.14. The van der Waals surface area contributed by atoms with Crippen LogP contribution < -0.4 is 15.0 Å². The number of nitrogens with one attached hydrogen (secondary N) is 1. The van der Waals surface area contributed by atoms with Gasteiger partial charge in [0.1, 0.15) is 5.69 Å². The van der Waals surface area contributed by atoms with E-state index in [1.807, 2.05) is 6.20 Å². The van der Waals surface area contributed by atoms with Gasteiger partial charge in [-0.3, -0.25) is 0 Å². The maximum absolute atomic E-state index is 5.62. The molecule has 1 aromatic heterocycles. The average Bonchev–Trinajstić information content (AvgIpc) is 2.71. The van der Waals surface area contributed by atoms with Crippen LogP contribution in [0.25, 0.3) is 11.3 Å². The number of piperazine rings is 1. The van der Waals surface area contributed by atoms with Crippen LogP contribution in [0.3, 0.4) is 0 Å². The van der Waals surface area contributed by atoms with E-state index < -0.39 is 0 Å². The largest absolute Gasteiger partial charge is 0.493 e. The summed E-state index contributed by atoms with van der Waals surface area (Å²) in [4.78, 5) is 11.7. The Labute approximate surface area is 168 Å². The molecule has 150 valence electrons. The summed E-state index contributed by atoms with van der Waals surface area (Å²) in [6.07, 6.45) is 4.23. The molecule has 1 aliphatic carbocycles. The number of benzene rings is 1. The topological polar surface area (TPSA) is 50.3 Å². The highest BCUT2D eigenvalue weighted by Crippen LogP contribution is 2.47. The molecule has 0 saturated carbocycles. The predicted octanol–water partition coefficient (Wildman–Crippen LogP) is 3.91.